The van der Waals surface area contributed by atoms with Crippen molar-refractivity contribution in [2.45, 2.75) is 11.3 Å². The number of benzene rings is 3. The zero-order valence-electron chi connectivity index (χ0n) is 14.4. The molecule has 1 amide bonds. The zero-order valence-corrected chi connectivity index (χ0v) is 15.2. The van der Waals surface area contributed by atoms with Crippen molar-refractivity contribution < 1.29 is 22.7 Å². The fraction of sp³-hybridized carbons (Fsp3) is 0.0500. The van der Waals surface area contributed by atoms with Crippen LogP contribution in [0.3, 0.4) is 0 Å². The van der Waals surface area contributed by atoms with Crippen molar-refractivity contribution in [3.63, 3.8) is 0 Å². The number of hydrogen-bond donors (Lipinski definition) is 2. The Hall–Kier alpha value is -3.13. The van der Waals surface area contributed by atoms with E-state index in [0.29, 0.717) is 5.56 Å². The Balaban J connectivity index is 1.64. The number of carbonyl (C=O) groups excluding carboxylic acids is 1. The van der Waals surface area contributed by atoms with Gasteiger partial charge in [0, 0.05) is 16.1 Å². The highest BCUT2D eigenvalue weighted by atomic mass is 32.2. The molecule has 28 heavy (non-hydrogen) atoms. The molecule has 4 nitrogen and oxygen atoms in total. The average Bonchev–Trinajstić information content (AvgIpc) is 2.68. The molecule has 0 heterocycles. The minimum absolute atomic E-state index is 0.0611. The first-order chi connectivity index (χ1) is 13.4. The van der Waals surface area contributed by atoms with Crippen LogP contribution < -0.4 is 14.8 Å². The van der Waals surface area contributed by atoms with E-state index in [1.165, 1.54) is 30.1 Å². The fourth-order valence-electron chi connectivity index (χ4n) is 2.28. The number of ether oxygens (including phenoxy) is 1. The van der Waals surface area contributed by atoms with Crippen molar-refractivity contribution in [2.24, 2.45) is 0 Å². The van der Waals surface area contributed by atoms with Gasteiger partial charge in [0.1, 0.15) is 0 Å². The van der Waals surface area contributed by atoms with Crippen molar-refractivity contribution in [3.05, 3.63) is 84.4 Å². The smallest absolute Gasteiger partial charge is 0.404 e. The summed E-state index contributed by atoms with van der Waals surface area (Å²) in [6.45, 7) is 0. The third-order valence-corrected chi connectivity index (χ3v) is 4.38. The van der Waals surface area contributed by atoms with Crippen molar-refractivity contribution in [2.75, 3.05) is 10.0 Å². The van der Waals surface area contributed by atoms with Crippen LogP contribution in [0.25, 0.3) is 0 Å². The molecule has 144 valence electrons. The minimum Gasteiger partial charge on any atom is -0.404 e. The molecule has 0 radical (unpaired) electrons. The van der Waals surface area contributed by atoms with Gasteiger partial charge >= 0.3 is 6.36 Å². The van der Waals surface area contributed by atoms with Crippen LogP contribution in [0.1, 0.15) is 10.4 Å². The number of halogens is 3. The molecule has 0 fully saturated rings. The molecule has 0 aliphatic rings. The molecule has 3 rings (SSSR count). The van der Waals surface area contributed by atoms with E-state index >= 15 is 0 Å². The maximum Gasteiger partial charge on any atom is 0.573 e. The second-order valence-corrected chi connectivity index (χ2v) is 6.47. The van der Waals surface area contributed by atoms with Gasteiger partial charge in [-0.2, -0.15) is 0 Å². The molecular formula is C20H15F3N2O2S. The summed E-state index contributed by atoms with van der Waals surface area (Å²) in [6, 6.07) is 21.6. The second kappa shape index (κ2) is 8.71. The Morgan fingerprint density at radius 1 is 0.857 bits per heavy atom. The number of hydrogen-bond acceptors (Lipinski definition) is 4. The van der Waals surface area contributed by atoms with E-state index in [0.717, 1.165) is 16.6 Å². The Morgan fingerprint density at radius 2 is 1.50 bits per heavy atom. The van der Waals surface area contributed by atoms with Crippen LogP contribution >= 0.6 is 11.9 Å². The highest BCUT2D eigenvalue weighted by molar-refractivity contribution is 8.00. The molecule has 0 atom stereocenters. The van der Waals surface area contributed by atoms with Gasteiger partial charge in [-0.25, -0.2) is 0 Å². The van der Waals surface area contributed by atoms with Crippen LogP contribution in [0.15, 0.2) is 83.8 Å². The number of alkyl halides is 3. The van der Waals surface area contributed by atoms with Gasteiger partial charge in [0.15, 0.2) is 5.75 Å². The van der Waals surface area contributed by atoms with E-state index < -0.39 is 18.0 Å². The lowest BCUT2D eigenvalue weighted by molar-refractivity contribution is -0.274. The number of nitrogens with one attached hydrogen (secondary N) is 2. The van der Waals surface area contributed by atoms with Crippen LogP contribution in [0.5, 0.6) is 5.75 Å². The summed E-state index contributed by atoms with van der Waals surface area (Å²) in [5.41, 5.74) is 1.19. The van der Waals surface area contributed by atoms with E-state index in [-0.39, 0.29) is 5.69 Å². The van der Waals surface area contributed by atoms with Gasteiger partial charge in [-0.05, 0) is 60.5 Å². The minimum atomic E-state index is -4.84. The Bertz CT molecular complexity index is 932. The van der Waals surface area contributed by atoms with Crippen molar-refractivity contribution in [1.29, 1.82) is 0 Å². The predicted octanol–water partition coefficient (Wildman–Crippen LogP) is 5.96. The highest BCUT2D eigenvalue weighted by Crippen LogP contribution is 2.30. The quantitative estimate of drug-likeness (QED) is 0.498. The van der Waals surface area contributed by atoms with Gasteiger partial charge in [-0.1, -0.05) is 30.3 Å². The maximum absolute atomic E-state index is 12.5. The van der Waals surface area contributed by atoms with Crippen LogP contribution in [0, 0.1) is 0 Å². The topological polar surface area (TPSA) is 50.4 Å². The first kappa shape index (κ1) is 19.6. The summed E-state index contributed by atoms with van der Waals surface area (Å²) in [6.07, 6.45) is -4.84. The van der Waals surface area contributed by atoms with Gasteiger partial charge in [0.2, 0.25) is 0 Å². The Labute approximate surface area is 163 Å². The third-order valence-electron chi connectivity index (χ3n) is 3.54. The summed E-state index contributed by atoms with van der Waals surface area (Å²) in [7, 11) is 0. The molecule has 0 bridgehead atoms. The van der Waals surface area contributed by atoms with Crippen molar-refractivity contribution >= 4 is 29.2 Å². The molecule has 8 heteroatoms. The lowest BCUT2D eigenvalue weighted by atomic mass is 10.2. The molecule has 3 aromatic rings. The van der Waals surface area contributed by atoms with Crippen LogP contribution in [-0.4, -0.2) is 12.3 Å². The number of rotatable bonds is 6. The van der Waals surface area contributed by atoms with Gasteiger partial charge in [0.05, 0.1) is 5.69 Å². The summed E-state index contributed by atoms with van der Waals surface area (Å²) < 4.78 is 44.5. The fourth-order valence-corrected chi connectivity index (χ4v) is 2.92. The lowest BCUT2D eigenvalue weighted by Gasteiger charge is -2.14. The molecule has 0 aromatic heterocycles. The van der Waals surface area contributed by atoms with Gasteiger partial charge in [-0.15, -0.1) is 13.2 Å². The van der Waals surface area contributed by atoms with Gasteiger partial charge in [0.25, 0.3) is 5.91 Å². The van der Waals surface area contributed by atoms with E-state index in [4.69, 9.17) is 0 Å². The summed E-state index contributed by atoms with van der Waals surface area (Å²) in [5.74, 6) is -1.01. The predicted molar refractivity (Wildman–Crippen MR) is 103 cm³/mol. The SMILES string of the molecule is O=C(Nc1ccccc1OC(F)(F)F)c1ccc(SNc2ccccc2)cc1. The highest BCUT2D eigenvalue weighted by Gasteiger charge is 2.32. The van der Waals surface area contributed by atoms with E-state index in [9.17, 15) is 18.0 Å². The van der Waals surface area contributed by atoms with Crippen molar-refractivity contribution in [3.8, 4) is 5.75 Å². The molecule has 0 saturated heterocycles. The number of amides is 1. The number of carbonyl (C=O) groups is 1. The van der Waals surface area contributed by atoms with Crippen molar-refractivity contribution in [1.82, 2.24) is 0 Å². The standard InChI is InChI=1S/C20H15F3N2O2S/c21-20(22,23)27-18-9-5-4-8-17(18)24-19(26)14-10-12-16(13-11-14)28-25-15-6-2-1-3-7-15/h1-13,25H,(H,24,26). The van der Waals surface area contributed by atoms with Gasteiger partial charge in [-0.3, -0.25) is 4.79 Å². The van der Waals surface area contributed by atoms with Gasteiger partial charge < -0.3 is 14.8 Å². The van der Waals surface area contributed by atoms with E-state index in [2.05, 4.69) is 14.8 Å². The summed E-state index contributed by atoms with van der Waals surface area (Å²) >= 11 is 1.38. The molecule has 0 aliphatic carbocycles. The van der Waals surface area contributed by atoms with Crippen LogP contribution in [0.4, 0.5) is 24.5 Å². The first-order valence-corrected chi connectivity index (χ1v) is 8.96. The second-order valence-electron chi connectivity index (χ2n) is 5.59. The van der Waals surface area contributed by atoms with E-state index in [1.54, 1.807) is 24.3 Å². The molecule has 2 N–H and O–H groups in total. The Kier molecular flexibility index (Phi) is 6.10. The average molecular weight is 404 g/mol. The zero-order chi connectivity index (χ0) is 20.0. The maximum atomic E-state index is 12.5. The Morgan fingerprint density at radius 3 is 2.18 bits per heavy atom. The molecular weight excluding hydrogens is 389 g/mol. The first-order valence-electron chi connectivity index (χ1n) is 8.15. The number of para-hydroxylation sites is 3. The molecule has 0 aliphatic heterocycles. The lowest BCUT2D eigenvalue weighted by Crippen LogP contribution is -2.19. The normalized spacial score (nSPS) is 11.0. The van der Waals surface area contributed by atoms with E-state index in [1.807, 2.05) is 30.3 Å². The van der Waals surface area contributed by atoms with Crippen LogP contribution in [-0.2, 0) is 0 Å². The largest absolute Gasteiger partial charge is 0.573 e. The monoisotopic (exact) mass is 404 g/mol. The van der Waals surface area contributed by atoms with Crippen LogP contribution in [0.2, 0.25) is 0 Å². The molecule has 0 saturated carbocycles. The molecule has 3 aromatic carbocycles. The number of anilines is 2. The summed E-state index contributed by atoms with van der Waals surface area (Å²) in [4.78, 5) is 13.2. The summed E-state index contributed by atoms with van der Waals surface area (Å²) in [5, 5.41) is 2.44. The molecule has 0 spiro atoms. The third kappa shape index (κ3) is 5.68. The molecule has 0 unspecified atom stereocenters.